The molecule has 0 bridgehead atoms. The van der Waals surface area contributed by atoms with E-state index in [0.29, 0.717) is 0 Å². The SMILES string of the molecule is COc1c(N2C[C@@](C)(C(F)F)C[C@H]2C(=O)Nc2ccnc([S@](C)(=N)=O)c2)ccc(F)c1F. The molecular weight excluding hydrogens is 452 g/mol. The van der Waals surface area contributed by atoms with Crippen LogP contribution in [-0.2, 0) is 14.5 Å². The van der Waals surface area contributed by atoms with E-state index in [0.717, 1.165) is 13.2 Å². The molecule has 2 aromatic rings. The lowest BCUT2D eigenvalue weighted by Crippen LogP contribution is -2.40. The molecule has 0 aliphatic carbocycles. The molecule has 1 aromatic carbocycles. The van der Waals surface area contributed by atoms with Crippen molar-refractivity contribution >= 4 is 27.0 Å². The number of anilines is 2. The summed E-state index contributed by atoms with van der Waals surface area (Å²) in [6.45, 7) is 1.00. The summed E-state index contributed by atoms with van der Waals surface area (Å²) in [5, 5.41) is 2.50. The van der Waals surface area contributed by atoms with Gasteiger partial charge in [-0.3, -0.25) is 4.79 Å². The number of benzene rings is 1. The van der Waals surface area contributed by atoms with Crippen molar-refractivity contribution in [3.05, 3.63) is 42.1 Å². The summed E-state index contributed by atoms with van der Waals surface area (Å²) in [6, 6.07) is 3.51. The summed E-state index contributed by atoms with van der Waals surface area (Å²) in [4.78, 5) is 18.2. The third-order valence-electron chi connectivity index (χ3n) is 5.34. The molecule has 1 aromatic heterocycles. The first-order chi connectivity index (χ1) is 14.9. The highest BCUT2D eigenvalue weighted by atomic mass is 32.2. The van der Waals surface area contributed by atoms with Gasteiger partial charge in [-0.05, 0) is 30.7 Å². The maximum Gasteiger partial charge on any atom is 0.247 e. The van der Waals surface area contributed by atoms with E-state index in [9.17, 15) is 26.6 Å². The Morgan fingerprint density at radius 2 is 2.06 bits per heavy atom. The molecule has 2 N–H and O–H groups in total. The van der Waals surface area contributed by atoms with Crippen molar-refractivity contribution in [1.29, 1.82) is 4.78 Å². The minimum absolute atomic E-state index is 0.0333. The van der Waals surface area contributed by atoms with Crippen LogP contribution in [0.5, 0.6) is 5.75 Å². The second-order valence-corrected chi connectivity index (χ2v) is 10.0. The number of ether oxygens (including phenoxy) is 1. The highest BCUT2D eigenvalue weighted by Crippen LogP contribution is 2.45. The Balaban J connectivity index is 1.99. The quantitative estimate of drug-likeness (QED) is 0.620. The summed E-state index contributed by atoms with van der Waals surface area (Å²) in [5.41, 5.74) is -1.46. The Hall–Kier alpha value is -2.89. The number of nitrogens with zero attached hydrogens (tertiary/aromatic N) is 2. The maximum absolute atomic E-state index is 14.3. The minimum Gasteiger partial charge on any atom is -0.491 e. The zero-order valence-electron chi connectivity index (χ0n) is 17.5. The van der Waals surface area contributed by atoms with Gasteiger partial charge in [0.1, 0.15) is 11.1 Å². The minimum atomic E-state index is -3.15. The molecule has 3 atom stereocenters. The number of methoxy groups -OCH3 is 1. The number of amides is 1. The summed E-state index contributed by atoms with van der Waals surface area (Å²) in [5.74, 6) is -3.65. The smallest absolute Gasteiger partial charge is 0.247 e. The molecule has 0 unspecified atom stereocenters. The third kappa shape index (κ3) is 4.50. The molecule has 1 amide bonds. The first-order valence-electron chi connectivity index (χ1n) is 9.45. The Labute approximate surface area is 182 Å². The van der Waals surface area contributed by atoms with Crippen LogP contribution in [0.1, 0.15) is 13.3 Å². The van der Waals surface area contributed by atoms with Crippen molar-refractivity contribution < 1.29 is 31.3 Å². The van der Waals surface area contributed by atoms with Crippen LogP contribution in [0.4, 0.5) is 28.9 Å². The molecule has 12 heteroatoms. The van der Waals surface area contributed by atoms with Gasteiger partial charge in [-0.1, -0.05) is 6.92 Å². The van der Waals surface area contributed by atoms with Gasteiger partial charge in [0.15, 0.2) is 11.6 Å². The highest BCUT2D eigenvalue weighted by Gasteiger charge is 2.50. The Morgan fingerprint density at radius 3 is 2.66 bits per heavy atom. The zero-order chi connectivity index (χ0) is 23.8. The summed E-state index contributed by atoms with van der Waals surface area (Å²) in [7, 11) is -2.04. The van der Waals surface area contributed by atoms with Crippen molar-refractivity contribution in [3.63, 3.8) is 0 Å². The fraction of sp³-hybridized carbons (Fsp3) is 0.400. The van der Waals surface area contributed by atoms with Crippen molar-refractivity contribution in [2.45, 2.75) is 30.8 Å². The fourth-order valence-electron chi connectivity index (χ4n) is 3.63. The topological polar surface area (TPSA) is 95.4 Å². The van der Waals surface area contributed by atoms with Gasteiger partial charge in [0.05, 0.1) is 22.5 Å². The normalized spacial score (nSPS) is 22.6. The van der Waals surface area contributed by atoms with Gasteiger partial charge in [-0.25, -0.2) is 27.1 Å². The van der Waals surface area contributed by atoms with Gasteiger partial charge in [0.25, 0.3) is 0 Å². The van der Waals surface area contributed by atoms with Crippen LogP contribution in [0.15, 0.2) is 35.5 Å². The maximum atomic E-state index is 14.3. The van der Waals surface area contributed by atoms with Crippen molar-refractivity contribution in [3.8, 4) is 5.75 Å². The van der Waals surface area contributed by atoms with Crippen molar-refractivity contribution in [2.75, 3.05) is 30.1 Å². The summed E-state index contributed by atoms with van der Waals surface area (Å²) >= 11 is 0. The number of hydrogen-bond acceptors (Lipinski definition) is 6. The van der Waals surface area contributed by atoms with E-state index < -0.39 is 50.9 Å². The van der Waals surface area contributed by atoms with Crippen molar-refractivity contribution in [2.24, 2.45) is 5.41 Å². The standard InChI is InChI=1S/C20H22F4N4O3S/c1-20(19(23)24)9-14(18(29)27-11-6-7-26-15(8-11)32(3,25)30)28(10-20)13-5-4-12(21)16(22)17(13)31-2/h4-8,14,19,25H,9-10H2,1-3H3,(H,26,27,29)/t14-,20-,32+/m0/s1. The molecule has 7 nitrogen and oxygen atoms in total. The van der Waals surface area contributed by atoms with Crippen LogP contribution in [-0.4, -0.2) is 47.5 Å². The molecule has 0 saturated carbocycles. The first-order valence-corrected chi connectivity index (χ1v) is 11.4. The predicted molar refractivity (Wildman–Crippen MR) is 111 cm³/mol. The van der Waals surface area contributed by atoms with E-state index in [-0.39, 0.29) is 29.4 Å². The molecule has 174 valence electrons. The van der Waals surface area contributed by atoms with Gasteiger partial charge in [0, 0.05) is 30.1 Å². The number of hydrogen-bond donors (Lipinski definition) is 2. The lowest BCUT2D eigenvalue weighted by molar-refractivity contribution is -0.117. The average Bonchev–Trinajstić information content (AvgIpc) is 3.08. The Morgan fingerprint density at radius 1 is 1.38 bits per heavy atom. The molecule has 0 radical (unpaired) electrons. The Bertz CT molecular complexity index is 1150. The molecule has 1 saturated heterocycles. The van der Waals surface area contributed by atoms with E-state index in [4.69, 9.17) is 9.52 Å². The average molecular weight is 474 g/mol. The monoisotopic (exact) mass is 474 g/mol. The lowest BCUT2D eigenvalue weighted by atomic mass is 9.88. The first kappa shape index (κ1) is 23.8. The third-order valence-corrected chi connectivity index (χ3v) is 6.36. The van der Waals surface area contributed by atoms with Crippen LogP contribution in [0.2, 0.25) is 0 Å². The number of carbonyl (C=O) groups excluding carboxylic acids is 1. The van der Waals surface area contributed by atoms with E-state index >= 15 is 0 Å². The van der Waals surface area contributed by atoms with Gasteiger partial charge in [-0.2, -0.15) is 4.39 Å². The number of rotatable bonds is 6. The Kier molecular flexibility index (Phi) is 6.36. The number of alkyl halides is 2. The molecule has 0 spiro atoms. The number of carbonyl (C=O) groups is 1. The molecule has 2 heterocycles. The van der Waals surface area contributed by atoms with Crippen molar-refractivity contribution in [1.82, 2.24) is 4.98 Å². The van der Waals surface area contributed by atoms with Crippen LogP contribution < -0.4 is 15.0 Å². The molecule has 3 rings (SSSR count). The van der Waals surface area contributed by atoms with Crippen LogP contribution in [0.25, 0.3) is 0 Å². The summed E-state index contributed by atoms with van der Waals surface area (Å²) < 4.78 is 80.1. The van der Waals surface area contributed by atoms with E-state index in [1.54, 1.807) is 0 Å². The number of pyridine rings is 1. The highest BCUT2D eigenvalue weighted by molar-refractivity contribution is 7.91. The van der Waals surface area contributed by atoms with Gasteiger partial charge in [0.2, 0.25) is 18.1 Å². The molecule has 1 aliphatic rings. The van der Waals surface area contributed by atoms with Crippen LogP contribution in [0.3, 0.4) is 0 Å². The van der Waals surface area contributed by atoms with Gasteiger partial charge >= 0.3 is 0 Å². The second-order valence-electron chi connectivity index (χ2n) is 7.93. The predicted octanol–water partition coefficient (Wildman–Crippen LogP) is 3.89. The zero-order valence-corrected chi connectivity index (χ0v) is 18.3. The number of aromatic nitrogens is 1. The number of halogens is 4. The second kappa shape index (κ2) is 8.57. The van der Waals surface area contributed by atoms with Crippen LogP contribution >= 0.6 is 0 Å². The summed E-state index contributed by atoms with van der Waals surface area (Å²) in [6.07, 6.45) is -0.612. The molecule has 32 heavy (non-hydrogen) atoms. The molecular formula is C20H22F4N4O3S. The molecule has 1 fully saturated rings. The van der Waals surface area contributed by atoms with Crippen LogP contribution in [0, 0.1) is 21.8 Å². The van der Waals surface area contributed by atoms with E-state index in [1.807, 2.05) is 0 Å². The lowest BCUT2D eigenvalue weighted by Gasteiger charge is -2.28. The van der Waals surface area contributed by atoms with Gasteiger partial charge < -0.3 is 15.0 Å². The van der Waals surface area contributed by atoms with E-state index in [2.05, 4.69) is 10.3 Å². The number of nitrogens with one attached hydrogen (secondary N) is 2. The van der Waals surface area contributed by atoms with Gasteiger partial charge in [-0.15, -0.1) is 0 Å². The fourth-order valence-corrected chi connectivity index (χ4v) is 4.24. The molecule has 1 aliphatic heterocycles. The van der Waals surface area contributed by atoms with E-state index in [1.165, 1.54) is 42.5 Å². The largest absolute Gasteiger partial charge is 0.491 e.